The van der Waals surface area contributed by atoms with Crippen molar-refractivity contribution in [2.24, 2.45) is 0 Å². The smallest absolute Gasteiger partial charge is 0.462 e. The van der Waals surface area contributed by atoms with E-state index in [0.29, 0.717) is 17.4 Å². The molecule has 0 aromatic heterocycles. The van der Waals surface area contributed by atoms with E-state index in [9.17, 15) is 19.0 Å². The SMILES string of the molecule is CCCCC/C=C/C/C=C/CCCCCCCC(=O)OC[C@H](COP(=O)(O)OCC[N+](C)(C)C)OC(=O)CCC/C=C/CCCCCCCCCCCCCCCCCCCC. The molecule has 0 aromatic rings. The van der Waals surface area contributed by atoms with Gasteiger partial charge >= 0.3 is 19.8 Å². The molecular formula is C52H99NO8P+. The lowest BCUT2D eigenvalue weighted by Crippen LogP contribution is -2.37. The number of hydrogen-bond donors (Lipinski definition) is 1. The number of allylic oxidation sites excluding steroid dienone is 6. The minimum absolute atomic E-state index is 0.0251. The predicted octanol–water partition coefficient (Wildman–Crippen LogP) is 15.3. The number of nitrogens with zero attached hydrogens (tertiary/aromatic N) is 1. The molecule has 0 aliphatic rings. The van der Waals surface area contributed by atoms with Crippen LogP contribution in [0.1, 0.15) is 232 Å². The highest BCUT2D eigenvalue weighted by Gasteiger charge is 2.27. The number of phosphoric acid groups is 1. The number of phosphoric ester groups is 1. The lowest BCUT2D eigenvalue weighted by molar-refractivity contribution is -0.870. The summed E-state index contributed by atoms with van der Waals surface area (Å²) in [6, 6.07) is 0. The van der Waals surface area contributed by atoms with Gasteiger partial charge in [0, 0.05) is 12.8 Å². The molecule has 0 spiro atoms. The Morgan fingerprint density at radius 3 is 1.37 bits per heavy atom. The molecule has 0 saturated heterocycles. The van der Waals surface area contributed by atoms with E-state index in [1.54, 1.807) is 0 Å². The second-order valence-corrected chi connectivity index (χ2v) is 20.0. The van der Waals surface area contributed by atoms with Gasteiger partial charge in [-0.15, -0.1) is 0 Å². The van der Waals surface area contributed by atoms with E-state index in [0.717, 1.165) is 57.8 Å². The van der Waals surface area contributed by atoms with Crippen molar-refractivity contribution < 1.29 is 42.1 Å². The van der Waals surface area contributed by atoms with Crippen molar-refractivity contribution in [1.82, 2.24) is 0 Å². The summed E-state index contributed by atoms with van der Waals surface area (Å²) in [5, 5.41) is 0. The molecule has 1 N–H and O–H groups in total. The lowest BCUT2D eigenvalue weighted by atomic mass is 10.0. The van der Waals surface area contributed by atoms with Crippen molar-refractivity contribution in [3.05, 3.63) is 36.5 Å². The molecule has 62 heavy (non-hydrogen) atoms. The minimum atomic E-state index is -4.39. The van der Waals surface area contributed by atoms with Gasteiger partial charge in [-0.1, -0.05) is 192 Å². The van der Waals surface area contributed by atoms with Crippen molar-refractivity contribution in [3.63, 3.8) is 0 Å². The maximum absolute atomic E-state index is 12.7. The molecule has 0 heterocycles. The summed E-state index contributed by atoms with van der Waals surface area (Å²) in [6.07, 6.45) is 52.1. The van der Waals surface area contributed by atoms with Gasteiger partial charge in [-0.3, -0.25) is 18.6 Å². The van der Waals surface area contributed by atoms with E-state index < -0.39 is 26.5 Å². The topological polar surface area (TPSA) is 108 Å². The molecule has 0 rings (SSSR count). The van der Waals surface area contributed by atoms with Crippen LogP contribution < -0.4 is 0 Å². The number of esters is 2. The van der Waals surface area contributed by atoms with Crippen LogP contribution in [0.15, 0.2) is 36.5 Å². The molecule has 0 bridgehead atoms. The second kappa shape index (κ2) is 44.4. The molecule has 9 nitrogen and oxygen atoms in total. The van der Waals surface area contributed by atoms with Crippen molar-refractivity contribution in [3.8, 4) is 0 Å². The van der Waals surface area contributed by atoms with Gasteiger partial charge < -0.3 is 18.9 Å². The first-order chi connectivity index (χ1) is 30.0. The number of quaternary nitrogens is 1. The first-order valence-corrected chi connectivity index (χ1v) is 27.2. The van der Waals surface area contributed by atoms with E-state index in [-0.39, 0.29) is 32.0 Å². The number of rotatable bonds is 47. The van der Waals surface area contributed by atoms with Crippen molar-refractivity contribution in [2.45, 2.75) is 238 Å². The third-order valence-electron chi connectivity index (χ3n) is 11.1. The van der Waals surface area contributed by atoms with Crippen LogP contribution in [0, 0.1) is 0 Å². The first-order valence-electron chi connectivity index (χ1n) is 25.7. The molecular weight excluding hydrogens is 798 g/mol. The fraction of sp³-hybridized carbons (Fsp3) is 0.846. The van der Waals surface area contributed by atoms with Gasteiger partial charge in [0.2, 0.25) is 0 Å². The fourth-order valence-corrected chi connectivity index (χ4v) is 7.85. The van der Waals surface area contributed by atoms with Gasteiger partial charge in [0.15, 0.2) is 6.10 Å². The monoisotopic (exact) mass is 897 g/mol. The maximum atomic E-state index is 12.7. The number of carbonyl (C=O) groups is 2. The highest BCUT2D eigenvalue weighted by Crippen LogP contribution is 2.43. The van der Waals surface area contributed by atoms with Crippen molar-refractivity contribution in [2.75, 3.05) is 47.5 Å². The summed E-state index contributed by atoms with van der Waals surface area (Å²) < 4.78 is 34.4. The van der Waals surface area contributed by atoms with Crippen LogP contribution in [-0.2, 0) is 32.7 Å². The average Bonchev–Trinajstić information content (AvgIpc) is 3.23. The highest BCUT2D eigenvalue weighted by molar-refractivity contribution is 7.47. The van der Waals surface area contributed by atoms with Crippen LogP contribution in [0.25, 0.3) is 0 Å². The minimum Gasteiger partial charge on any atom is -0.462 e. The quantitative estimate of drug-likeness (QED) is 0.0212. The Labute approximate surface area is 382 Å². The van der Waals surface area contributed by atoms with E-state index in [1.165, 1.54) is 141 Å². The summed E-state index contributed by atoms with van der Waals surface area (Å²) in [6.45, 7) is 4.38. The average molecular weight is 897 g/mol. The first kappa shape index (κ1) is 60.2. The number of unbranched alkanes of at least 4 members (excludes halogenated alkanes) is 27. The van der Waals surface area contributed by atoms with Crippen molar-refractivity contribution in [1.29, 1.82) is 0 Å². The fourth-order valence-electron chi connectivity index (χ4n) is 7.11. The number of likely N-dealkylation sites (N-methyl/N-ethyl adjacent to an activating group) is 1. The molecule has 10 heteroatoms. The Bertz CT molecular complexity index is 1150. The van der Waals surface area contributed by atoms with E-state index in [2.05, 4.69) is 50.3 Å². The van der Waals surface area contributed by atoms with Crippen LogP contribution in [-0.4, -0.2) is 74.9 Å². The van der Waals surface area contributed by atoms with Gasteiger partial charge in [0.1, 0.15) is 19.8 Å². The van der Waals surface area contributed by atoms with Gasteiger partial charge in [0.05, 0.1) is 27.7 Å². The Hall–Kier alpha value is -1.77. The highest BCUT2D eigenvalue weighted by atomic mass is 31.2. The second-order valence-electron chi connectivity index (χ2n) is 18.5. The van der Waals surface area contributed by atoms with Crippen LogP contribution in [0.4, 0.5) is 0 Å². The Morgan fingerprint density at radius 1 is 0.500 bits per heavy atom. The summed E-state index contributed by atoms with van der Waals surface area (Å²) in [4.78, 5) is 35.5. The van der Waals surface area contributed by atoms with Crippen LogP contribution in [0.2, 0.25) is 0 Å². The largest absolute Gasteiger partial charge is 0.472 e. The number of carbonyl (C=O) groups excluding carboxylic acids is 2. The van der Waals surface area contributed by atoms with Gasteiger partial charge in [0.25, 0.3) is 0 Å². The van der Waals surface area contributed by atoms with Gasteiger partial charge in [-0.05, 0) is 64.2 Å². The van der Waals surface area contributed by atoms with E-state index in [1.807, 2.05) is 21.1 Å². The molecule has 0 radical (unpaired) electrons. The molecule has 0 amide bonds. The third kappa shape index (κ3) is 47.7. The normalized spacial score (nSPS) is 13.7. The summed E-state index contributed by atoms with van der Waals surface area (Å²) in [5.41, 5.74) is 0. The molecule has 364 valence electrons. The molecule has 1 unspecified atom stereocenters. The van der Waals surface area contributed by atoms with E-state index >= 15 is 0 Å². The van der Waals surface area contributed by atoms with E-state index in [4.69, 9.17) is 18.5 Å². The van der Waals surface area contributed by atoms with Gasteiger partial charge in [-0.2, -0.15) is 0 Å². The molecule has 0 aliphatic carbocycles. The maximum Gasteiger partial charge on any atom is 0.472 e. The summed E-state index contributed by atoms with van der Waals surface area (Å²) in [5.74, 6) is -0.845. The molecule has 0 aromatic carbocycles. The Kier molecular flexibility index (Phi) is 43.2. The predicted molar refractivity (Wildman–Crippen MR) is 261 cm³/mol. The third-order valence-corrected chi connectivity index (χ3v) is 12.1. The summed E-state index contributed by atoms with van der Waals surface area (Å²) in [7, 11) is 1.46. The lowest BCUT2D eigenvalue weighted by Gasteiger charge is -2.24. The number of ether oxygens (including phenoxy) is 2. The number of hydrogen-bond acceptors (Lipinski definition) is 7. The molecule has 2 atom stereocenters. The van der Waals surface area contributed by atoms with Crippen LogP contribution in [0.5, 0.6) is 0 Å². The van der Waals surface area contributed by atoms with Crippen molar-refractivity contribution >= 4 is 19.8 Å². The Morgan fingerprint density at radius 2 is 0.887 bits per heavy atom. The zero-order valence-electron chi connectivity index (χ0n) is 41.1. The van der Waals surface area contributed by atoms with Gasteiger partial charge in [-0.25, -0.2) is 4.57 Å². The van der Waals surface area contributed by atoms with Crippen LogP contribution >= 0.6 is 7.82 Å². The summed E-state index contributed by atoms with van der Waals surface area (Å²) >= 11 is 0. The Balaban J connectivity index is 4.26. The van der Waals surface area contributed by atoms with Crippen LogP contribution in [0.3, 0.4) is 0 Å². The molecule has 0 saturated carbocycles. The molecule has 0 aliphatic heterocycles. The standard InChI is InChI=1S/C52H98NO8P/c1-6-8-10-12-14-16-18-20-22-23-24-25-26-27-28-29-31-33-35-37-39-41-43-45-52(55)61-50(49-60-62(56,57)59-47-46-53(3,4)5)48-58-51(54)44-42-40-38-36-34-32-30-21-19-17-15-13-11-9-7-2/h15,17,21,30,37,39,50H,6-14,16,18-20,22-29,31-36,38,40-49H2,1-5H3/p+1/b17-15+,30-21+,39-37+/t50-/m1/s1. The molecule has 0 fully saturated rings. The zero-order valence-corrected chi connectivity index (χ0v) is 42.0. The zero-order chi connectivity index (χ0) is 45.7.